The van der Waals surface area contributed by atoms with Gasteiger partial charge in [0, 0.05) is 59.8 Å². The lowest BCUT2D eigenvalue weighted by molar-refractivity contribution is -0.360. The van der Waals surface area contributed by atoms with Gasteiger partial charge in [-0.25, -0.2) is 8.78 Å². The van der Waals surface area contributed by atoms with Crippen molar-refractivity contribution in [3.63, 3.8) is 0 Å². The number of ketones is 2. The Morgan fingerprint density at radius 3 is 1.55 bits per heavy atom. The number of hydrogen-bond donors (Lipinski definition) is 3. The van der Waals surface area contributed by atoms with Gasteiger partial charge in [0.15, 0.2) is 29.1 Å². The number of nitrogens with one attached hydrogen (secondary N) is 2. The van der Waals surface area contributed by atoms with E-state index < -0.39 is 88.8 Å². The third-order valence-electron chi connectivity index (χ3n) is 17.9. The number of halogens is 2. The largest absolute Gasteiger partial charge is 0.457 e. The number of hydrogen-bond acceptors (Lipinski definition) is 23. The molecule has 7 aliphatic rings. The molecule has 3 N–H and O–H groups in total. The molecule has 28 heteroatoms. The van der Waals surface area contributed by atoms with Gasteiger partial charge in [0.05, 0.1) is 177 Å². The molecule has 2 aromatic rings. The number of benzene rings is 2. The van der Waals surface area contributed by atoms with Crippen molar-refractivity contribution in [1.82, 2.24) is 10.2 Å². The van der Waals surface area contributed by atoms with Crippen LogP contribution in [0.15, 0.2) is 84.5 Å². The number of alkyl halides is 2. The summed E-state index contributed by atoms with van der Waals surface area (Å²) in [5.74, 6) is -2.70. The van der Waals surface area contributed by atoms with Crippen molar-refractivity contribution >= 4 is 40.9 Å². The first-order valence-electron chi connectivity index (χ1n) is 32.6. The Morgan fingerprint density at radius 2 is 1.05 bits per heavy atom. The summed E-state index contributed by atoms with van der Waals surface area (Å²) in [4.78, 5) is 74.6. The van der Waals surface area contributed by atoms with Crippen LogP contribution in [0.25, 0.3) is 0 Å². The van der Waals surface area contributed by atoms with Crippen molar-refractivity contribution in [2.45, 2.75) is 80.6 Å². The van der Waals surface area contributed by atoms with Gasteiger partial charge >= 0.3 is 0 Å². The second-order valence-corrected chi connectivity index (χ2v) is 23.7. The van der Waals surface area contributed by atoms with Crippen LogP contribution in [0.3, 0.4) is 0 Å². The molecular formula is C67H89F2N3O23. The Balaban J connectivity index is 0.494. The van der Waals surface area contributed by atoms with Gasteiger partial charge in [0.2, 0.25) is 11.8 Å². The fraction of sp³-hybridized carbons (Fsp3) is 0.642. The number of carbonyl (C=O) groups is 6. The minimum atomic E-state index is -1.99. The highest BCUT2D eigenvalue weighted by Gasteiger charge is 2.85. The van der Waals surface area contributed by atoms with Gasteiger partial charge in [-0.1, -0.05) is 19.1 Å². The number of anilines is 1. The summed E-state index contributed by atoms with van der Waals surface area (Å²) < 4.78 is 125. The van der Waals surface area contributed by atoms with E-state index in [1.54, 1.807) is 48.5 Å². The summed E-state index contributed by atoms with van der Waals surface area (Å²) in [6.45, 7) is 11.0. The zero-order valence-electron chi connectivity index (χ0n) is 53.7. The molecule has 0 unspecified atom stereocenters. The zero-order chi connectivity index (χ0) is 66.9. The first-order chi connectivity index (χ1) is 46.2. The van der Waals surface area contributed by atoms with Crippen LogP contribution in [0.4, 0.5) is 14.5 Å². The second kappa shape index (κ2) is 36.6. The summed E-state index contributed by atoms with van der Waals surface area (Å²) >= 11 is 0. The van der Waals surface area contributed by atoms with Crippen molar-refractivity contribution in [2.75, 3.05) is 184 Å². The number of Topliss-reactive ketones (excluding diaryl/α,β-unsaturated/α-hetero) is 1. The number of aliphatic hydroxyl groups is 1. The van der Waals surface area contributed by atoms with E-state index in [1.807, 2.05) is 6.92 Å². The minimum absolute atomic E-state index is 0.0100. The average molecular weight is 1340 g/mol. The average Bonchev–Trinajstić information content (AvgIpc) is 1.63. The van der Waals surface area contributed by atoms with E-state index in [0.29, 0.717) is 181 Å². The summed E-state index contributed by atoms with van der Waals surface area (Å²) in [5, 5.41) is 15.9. The van der Waals surface area contributed by atoms with Crippen LogP contribution in [0.1, 0.15) is 50.9 Å². The predicted molar refractivity (Wildman–Crippen MR) is 331 cm³/mol. The molecule has 4 amide bonds. The van der Waals surface area contributed by atoms with E-state index in [9.17, 15) is 33.9 Å². The molecule has 5 fully saturated rings. The minimum Gasteiger partial charge on any atom is -0.457 e. The molecular weight excluding hydrogens is 1250 g/mol. The van der Waals surface area contributed by atoms with Gasteiger partial charge in [-0.2, -0.15) is 0 Å². The van der Waals surface area contributed by atoms with E-state index in [4.69, 9.17) is 75.8 Å². The molecule has 3 aliphatic heterocycles. The molecule has 26 nitrogen and oxygen atoms in total. The van der Waals surface area contributed by atoms with Gasteiger partial charge in [-0.3, -0.25) is 33.7 Å². The Bertz CT molecular complexity index is 2910. The van der Waals surface area contributed by atoms with Crippen LogP contribution >= 0.6 is 0 Å². The van der Waals surface area contributed by atoms with Crippen LogP contribution < -0.4 is 15.4 Å². The second-order valence-electron chi connectivity index (χ2n) is 23.7. The van der Waals surface area contributed by atoms with E-state index in [2.05, 4.69) is 10.6 Å². The molecule has 9 rings (SSSR count). The molecule has 0 radical (unpaired) electrons. The summed E-state index contributed by atoms with van der Waals surface area (Å²) in [6, 6.07) is 13.8. The van der Waals surface area contributed by atoms with Crippen LogP contribution in [-0.4, -0.2) is 259 Å². The monoisotopic (exact) mass is 1340 g/mol. The number of ether oxygens (including phenoxy) is 16. The molecule has 2 aromatic carbocycles. The number of imide groups is 1. The first-order valence-corrected chi connectivity index (χ1v) is 32.6. The number of allylic oxidation sites excluding steroid dienone is 2. The smallest absolute Gasteiger partial charge is 0.253 e. The van der Waals surface area contributed by atoms with E-state index in [0.717, 1.165) is 11.0 Å². The number of fused-ring (bicyclic) bond motifs is 4. The molecule has 1 spiro atoms. The SMILES string of the molecule is C[C@]12C[C@@H]3O[C@]45C=CC(=O)C=C4[C@@H](F)C[C@@H]([C@@H]1C[C@H]1O[C@@H](c4ccc(Oc6ccc(NC(=O)CCOCCOCCOCCOCCOCCOCCOCCOCCOCCOCCOCCOCCNC(=O)CCN7C(=O)C=CC7=O)cc6)cc4)O[C@]12C(=O)CO)[C@]35F. The standard InChI is InChI=1S/C67H89F2N3O23/c1-64-45-58-66(69)53(43-55(68)54-42-49(74)12-15-65(54,66)94-58)52(64)44-57-67(64,56(75)46-73)95-63(93-57)47-2-6-50(7-3-47)92-51-8-4-48(5-9-51)71-60(77)14-18-80-20-22-82-24-26-84-28-30-86-32-34-88-36-38-90-40-41-91-39-37-89-35-33-87-31-29-85-27-25-83-23-21-81-19-16-70-59(76)13-17-72-61(78)10-11-62(72)79/h2-12,15,42,52-53,55,57-58,63,73H,13-14,16-41,43-46H2,1H3,(H,70,76)(H,71,77)/t52-,53-,55-,57+,58-,63+,64-,65+,66-,67+/m0/s1. The van der Waals surface area contributed by atoms with Crippen molar-refractivity contribution in [2.24, 2.45) is 17.3 Å². The topological polar surface area (TPSA) is 298 Å². The van der Waals surface area contributed by atoms with Gasteiger partial charge in [-0.05, 0) is 79.8 Å². The molecule has 10 atom stereocenters. The highest BCUT2D eigenvalue weighted by Crippen LogP contribution is 2.75. The third kappa shape index (κ3) is 18.7. The number of aliphatic hydroxyl groups excluding tert-OH is 1. The van der Waals surface area contributed by atoms with E-state index in [1.165, 1.54) is 24.3 Å². The van der Waals surface area contributed by atoms with Gasteiger partial charge in [0.1, 0.15) is 29.9 Å². The number of carbonyl (C=O) groups excluding carboxylic acids is 6. The number of rotatable bonds is 48. The van der Waals surface area contributed by atoms with Gasteiger partial charge in [0.25, 0.3) is 11.8 Å². The predicted octanol–water partition coefficient (Wildman–Crippen LogP) is 3.85. The maximum Gasteiger partial charge on any atom is 0.253 e. The van der Waals surface area contributed by atoms with E-state index in [-0.39, 0.29) is 62.6 Å². The van der Waals surface area contributed by atoms with Gasteiger partial charge < -0.3 is 91.5 Å². The van der Waals surface area contributed by atoms with E-state index >= 15 is 8.78 Å². The summed E-state index contributed by atoms with van der Waals surface area (Å²) in [6.07, 6.45) is 1.95. The summed E-state index contributed by atoms with van der Waals surface area (Å²) in [5.41, 5.74) is -5.20. The Kier molecular flexibility index (Phi) is 28.3. The highest BCUT2D eigenvalue weighted by atomic mass is 19.1. The van der Waals surface area contributed by atoms with Crippen LogP contribution in [-0.2, 0) is 99.8 Å². The Labute approximate surface area is 550 Å². The zero-order valence-corrected chi connectivity index (χ0v) is 53.7. The van der Waals surface area contributed by atoms with Crippen molar-refractivity contribution in [1.29, 1.82) is 0 Å². The fourth-order valence-electron chi connectivity index (χ4n) is 13.3. The fourth-order valence-corrected chi connectivity index (χ4v) is 13.3. The van der Waals surface area contributed by atoms with Crippen molar-refractivity contribution in [3.8, 4) is 11.5 Å². The van der Waals surface area contributed by atoms with Crippen LogP contribution in [0.2, 0.25) is 0 Å². The lowest BCUT2D eigenvalue weighted by atomic mass is 9.44. The number of amides is 4. The summed E-state index contributed by atoms with van der Waals surface area (Å²) in [7, 11) is 0. The lowest BCUT2D eigenvalue weighted by Gasteiger charge is -2.71. The molecule has 0 bridgehead atoms. The molecule has 524 valence electrons. The molecule has 95 heavy (non-hydrogen) atoms. The molecule has 3 saturated carbocycles. The quantitative estimate of drug-likeness (QED) is 0.0626. The van der Waals surface area contributed by atoms with Crippen LogP contribution in [0.5, 0.6) is 11.5 Å². The maximum absolute atomic E-state index is 17.5. The molecule has 2 saturated heterocycles. The van der Waals surface area contributed by atoms with Crippen molar-refractivity contribution < 1.29 is 118 Å². The third-order valence-corrected chi connectivity index (χ3v) is 17.9. The molecule has 4 aliphatic carbocycles. The lowest BCUT2D eigenvalue weighted by Crippen LogP contribution is -2.82. The van der Waals surface area contributed by atoms with Gasteiger partial charge in [-0.15, -0.1) is 0 Å². The first kappa shape index (κ1) is 73.3. The van der Waals surface area contributed by atoms with Crippen molar-refractivity contribution in [3.05, 3.63) is 90.0 Å². The molecule has 0 aromatic heterocycles. The molecule has 3 heterocycles. The highest BCUT2D eigenvalue weighted by molar-refractivity contribution is 6.13. The Morgan fingerprint density at radius 1 is 0.579 bits per heavy atom. The Hall–Kier alpha value is -5.90. The number of nitrogens with zero attached hydrogens (tertiary/aromatic N) is 1. The maximum atomic E-state index is 17.5. The normalized spacial score (nSPS) is 26.8. The van der Waals surface area contributed by atoms with Crippen LogP contribution in [0, 0.1) is 17.3 Å².